The van der Waals surface area contributed by atoms with E-state index >= 15 is 0 Å². The van der Waals surface area contributed by atoms with Crippen LogP contribution in [0, 0.1) is 0 Å². The third-order valence-corrected chi connectivity index (χ3v) is 2.53. The van der Waals surface area contributed by atoms with Crippen LogP contribution in [0.1, 0.15) is 12.5 Å². The second kappa shape index (κ2) is 4.90. The van der Waals surface area contributed by atoms with Gasteiger partial charge in [-0.05, 0) is 42.2 Å². The van der Waals surface area contributed by atoms with Crippen LogP contribution in [0.5, 0.6) is 0 Å². The molecule has 0 bridgehead atoms. The predicted octanol–water partition coefficient (Wildman–Crippen LogP) is 2.64. The molecule has 0 aliphatic heterocycles. The van der Waals surface area contributed by atoms with Crippen molar-refractivity contribution in [2.24, 2.45) is 5.73 Å². The lowest BCUT2D eigenvalue weighted by Crippen LogP contribution is -2.17. The smallest absolute Gasteiger partial charge is 0.0273 e. The molecule has 0 saturated heterocycles. The Kier molecular flexibility index (Phi) is 3.32. The van der Waals surface area contributed by atoms with Crippen LogP contribution in [-0.4, -0.2) is 11.0 Å². The zero-order valence-electron chi connectivity index (χ0n) is 9.43. The second-order valence-corrected chi connectivity index (χ2v) is 4.11. The van der Waals surface area contributed by atoms with Crippen LogP contribution in [0.25, 0.3) is 11.1 Å². The highest BCUT2D eigenvalue weighted by Gasteiger charge is 1.99. The Morgan fingerprint density at radius 1 is 1.00 bits per heavy atom. The van der Waals surface area contributed by atoms with Gasteiger partial charge in [0.25, 0.3) is 0 Å². The van der Waals surface area contributed by atoms with Crippen LogP contribution in [0.4, 0.5) is 0 Å². The summed E-state index contributed by atoms with van der Waals surface area (Å²) in [6.07, 6.45) is 4.55. The fraction of sp³-hybridized carbons (Fsp3) is 0.214. The molecule has 2 nitrogen and oxygen atoms in total. The normalized spacial score (nSPS) is 12.4. The summed E-state index contributed by atoms with van der Waals surface area (Å²) in [6, 6.07) is 12.8. The molecule has 16 heavy (non-hydrogen) atoms. The summed E-state index contributed by atoms with van der Waals surface area (Å²) in [7, 11) is 0. The predicted molar refractivity (Wildman–Crippen MR) is 67.0 cm³/mol. The van der Waals surface area contributed by atoms with Crippen molar-refractivity contribution < 1.29 is 0 Å². The molecule has 2 N–H and O–H groups in total. The highest BCUT2D eigenvalue weighted by Crippen LogP contribution is 2.18. The van der Waals surface area contributed by atoms with Gasteiger partial charge in [0.15, 0.2) is 0 Å². The van der Waals surface area contributed by atoms with Gasteiger partial charge in [-0.2, -0.15) is 0 Å². The molecule has 1 aromatic carbocycles. The average molecular weight is 212 g/mol. The van der Waals surface area contributed by atoms with E-state index in [2.05, 4.69) is 29.2 Å². The van der Waals surface area contributed by atoms with Crippen molar-refractivity contribution in [3.8, 4) is 11.1 Å². The Morgan fingerprint density at radius 2 is 1.56 bits per heavy atom. The van der Waals surface area contributed by atoms with E-state index in [0.29, 0.717) is 0 Å². The number of hydrogen-bond donors (Lipinski definition) is 1. The molecule has 1 aromatic heterocycles. The summed E-state index contributed by atoms with van der Waals surface area (Å²) in [5.41, 5.74) is 9.47. The van der Waals surface area contributed by atoms with Gasteiger partial charge < -0.3 is 5.73 Å². The standard InChI is InChI=1S/C14H16N2/c1-11(15)10-12-2-4-13(5-3-12)14-6-8-16-9-7-14/h2-9,11H,10,15H2,1H3. The Morgan fingerprint density at radius 3 is 2.12 bits per heavy atom. The molecule has 82 valence electrons. The van der Waals surface area contributed by atoms with Gasteiger partial charge in [-0.1, -0.05) is 24.3 Å². The van der Waals surface area contributed by atoms with Gasteiger partial charge >= 0.3 is 0 Å². The molecule has 1 heterocycles. The van der Waals surface area contributed by atoms with Gasteiger partial charge in [0.1, 0.15) is 0 Å². The van der Waals surface area contributed by atoms with Crippen LogP contribution in [0.3, 0.4) is 0 Å². The first kappa shape index (κ1) is 10.8. The first-order valence-corrected chi connectivity index (χ1v) is 5.50. The number of aromatic nitrogens is 1. The van der Waals surface area contributed by atoms with Crippen LogP contribution in [-0.2, 0) is 6.42 Å². The molecule has 0 spiro atoms. The number of hydrogen-bond acceptors (Lipinski definition) is 2. The van der Waals surface area contributed by atoms with Gasteiger partial charge in [-0.25, -0.2) is 0 Å². The maximum atomic E-state index is 5.77. The molecule has 0 fully saturated rings. The van der Waals surface area contributed by atoms with E-state index in [0.717, 1.165) is 6.42 Å². The van der Waals surface area contributed by atoms with E-state index in [-0.39, 0.29) is 6.04 Å². The molecule has 0 amide bonds. The summed E-state index contributed by atoms with van der Waals surface area (Å²) in [5, 5.41) is 0. The van der Waals surface area contributed by atoms with Crippen molar-refractivity contribution in [3.63, 3.8) is 0 Å². The molecule has 0 saturated carbocycles. The topological polar surface area (TPSA) is 38.9 Å². The van der Waals surface area contributed by atoms with E-state index in [4.69, 9.17) is 5.73 Å². The number of nitrogens with two attached hydrogens (primary N) is 1. The highest BCUT2D eigenvalue weighted by atomic mass is 14.6. The van der Waals surface area contributed by atoms with Gasteiger partial charge in [-0.15, -0.1) is 0 Å². The molecule has 1 atom stereocenters. The van der Waals surface area contributed by atoms with Crippen molar-refractivity contribution in [1.82, 2.24) is 4.98 Å². The molecule has 0 aliphatic carbocycles. The quantitative estimate of drug-likeness (QED) is 0.849. The molecule has 2 heteroatoms. The van der Waals surface area contributed by atoms with Crippen molar-refractivity contribution in [2.75, 3.05) is 0 Å². The fourth-order valence-corrected chi connectivity index (χ4v) is 1.75. The van der Waals surface area contributed by atoms with Crippen molar-refractivity contribution >= 4 is 0 Å². The molecule has 1 unspecified atom stereocenters. The monoisotopic (exact) mass is 212 g/mol. The molecule has 0 radical (unpaired) electrons. The second-order valence-electron chi connectivity index (χ2n) is 4.11. The third kappa shape index (κ3) is 2.67. The minimum Gasteiger partial charge on any atom is -0.328 e. The summed E-state index contributed by atoms with van der Waals surface area (Å²) >= 11 is 0. The number of nitrogens with zero attached hydrogens (tertiary/aromatic N) is 1. The lowest BCUT2D eigenvalue weighted by atomic mass is 10.0. The molecular weight excluding hydrogens is 196 g/mol. The van der Waals surface area contributed by atoms with Crippen molar-refractivity contribution in [3.05, 3.63) is 54.4 Å². The SMILES string of the molecule is CC(N)Cc1ccc(-c2ccncc2)cc1. The Bertz CT molecular complexity index is 432. The van der Waals surface area contributed by atoms with Crippen LogP contribution >= 0.6 is 0 Å². The maximum absolute atomic E-state index is 5.77. The van der Waals surface area contributed by atoms with Gasteiger partial charge in [0.2, 0.25) is 0 Å². The minimum absolute atomic E-state index is 0.215. The molecule has 2 rings (SSSR count). The lowest BCUT2D eigenvalue weighted by molar-refractivity contribution is 0.738. The Labute approximate surface area is 96.1 Å². The van der Waals surface area contributed by atoms with Gasteiger partial charge in [-0.3, -0.25) is 4.98 Å². The Balaban J connectivity index is 2.20. The number of benzene rings is 1. The lowest BCUT2D eigenvalue weighted by Gasteiger charge is -2.06. The van der Waals surface area contributed by atoms with Crippen LogP contribution < -0.4 is 5.73 Å². The third-order valence-electron chi connectivity index (χ3n) is 2.53. The summed E-state index contributed by atoms with van der Waals surface area (Å²) in [4.78, 5) is 4.01. The van der Waals surface area contributed by atoms with Crippen molar-refractivity contribution in [1.29, 1.82) is 0 Å². The van der Waals surface area contributed by atoms with Crippen LogP contribution in [0.2, 0.25) is 0 Å². The average Bonchev–Trinajstić information content (AvgIpc) is 2.30. The molecule has 0 aliphatic rings. The summed E-state index contributed by atoms with van der Waals surface area (Å²) in [6.45, 7) is 2.02. The van der Waals surface area contributed by atoms with E-state index in [1.807, 2.05) is 31.5 Å². The summed E-state index contributed by atoms with van der Waals surface area (Å²) < 4.78 is 0. The van der Waals surface area contributed by atoms with Gasteiger partial charge in [0, 0.05) is 18.4 Å². The fourth-order valence-electron chi connectivity index (χ4n) is 1.75. The zero-order valence-corrected chi connectivity index (χ0v) is 9.43. The highest BCUT2D eigenvalue weighted by molar-refractivity contribution is 5.62. The van der Waals surface area contributed by atoms with E-state index in [9.17, 15) is 0 Å². The number of pyridine rings is 1. The van der Waals surface area contributed by atoms with Crippen molar-refractivity contribution in [2.45, 2.75) is 19.4 Å². The minimum atomic E-state index is 0.215. The first-order chi connectivity index (χ1) is 7.75. The van der Waals surface area contributed by atoms with Crippen LogP contribution in [0.15, 0.2) is 48.8 Å². The largest absolute Gasteiger partial charge is 0.328 e. The maximum Gasteiger partial charge on any atom is 0.0273 e. The van der Waals surface area contributed by atoms with E-state index in [1.54, 1.807) is 0 Å². The van der Waals surface area contributed by atoms with E-state index in [1.165, 1.54) is 16.7 Å². The Hall–Kier alpha value is -1.67. The zero-order chi connectivity index (χ0) is 11.4. The first-order valence-electron chi connectivity index (χ1n) is 5.50. The molecule has 2 aromatic rings. The summed E-state index contributed by atoms with van der Waals surface area (Å²) in [5.74, 6) is 0. The molecular formula is C14H16N2. The number of rotatable bonds is 3. The van der Waals surface area contributed by atoms with Gasteiger partial charge in [0.05, 0.1) is 0 Å². The van der Waals surface area contributed by atoms with E-state index < -0.39 is 0 Å².